The Balaban J connectivity index is 2.84. The van der Waals surface area contributed by atoms with Gasteiger partial charge in [0.2, 0.25) is 5.65 Å². The van der Waals surface area contributed by atoms with Gasteiger partial charge in [-0.05, 0) is 22.9 Å². The second-order valence-electron chi connectivity index (χ2n) is 2.60. The molecule has 0 saturated carbocycles. The molecule has 1 N–H and O–H groups in total. The number of aromatic nitrogens is 4. The lowest BCUT2D eigenvalue weighted by Crippen LogP contribution is -1.98. The third-order valence-electron chi connectivity index (χ3n) is 1.77. The number of aryl methyl sites for hydroxylation is 1. The Morgan fingerprint density at radius 1 is 1.46 bits per heavy atom. The van der Waals surface area contributed by atoms with Crippen molar-refractivity contribution in [2.24, 2.45) is 0 Å². The maximum atomic E-state index is 4.22. The SMILES string of the molecule is CNc1nc(Br)cn2c(C)nnc12. The fraction of sp³-hybridized carbons (Fsp3) is 0.286. The van der Waals surface area contributed by atoms with Crippen molar-refractivity contribution in [3.05, 3.63) is 16.6 Å². The normalized spacial score (nSPS) is 10.7. The average molecular weight is 242 g/mol. The fourth-order valence-electron chi connectivity index (χ4n) is 1.15. The lowest BCUT2D eigenvalue weighted by Gasteiger charge is -2.01. The van der Waals surface area contributed by atoms with Gasteiger partial charge in [-0.2, -0.15) is 0 Å². The van der Waals surface area contributed by atoms with E-state index < -0.39 is 0 Å². The Kier molecular flexibility index (Phi) is 1.91. The molecule has 0 aromatic carbocycles. The number of nitrogens with zero attached hydrogens (tertiary/aromatic N) is 4. The number of hydrogen-bond acceptors (Lipinski definition) is 4. The van der Waals surface area contributed by atoms with E-state index in [1.807, 2.05) is 17.5 Å². The van der Waals surface area contributed by atoms with Gasteiger partial charge in [-0.25, -0.2) is 4.98 Å². The van der Waals surface area contributed by atoms with Crippen molar-refractivity contribution < 1.29 is 0 Å². The number of anilines is 1. The molecule has 0 aliphatic carbocycles. The van der Waals surface area contributed by atoms with Gasteiger partial charge in [0, 0.05) is 13.2 Å². The van der Waals surface area contributed by atoms with Crippen LogP contribution in [0.15, 0.2) is 10.8 Å². The molecular weight excluding hydrogens is 234 g/mol. The standard InChI is InChI=1S/C7H8BrN5/c1-4-11-12-7-6(9-2)10-5(8)3-13(4)7/h3H,1-2H3,(H,9,10). The summed E-state index contributed by atoms with van der Waals surface area (Å²) in [5, 5.41) is 10.9. The first kappa shape index (κ1) is 8.43. The zero-order valence-corrected chi connectivity index (χ0v) is 8.83. The van der Waals surface area contributed by atoms with E-state index in [-0.39, 0.29) is 0 Å². The molecule has 68 valence electrons. The molecular formula is C7H8BrN5. The Bertz CT molecular complexity index is 449. The molecule has 0 atom stereocenters. The second-order valence-corrected chi connectivity index (χ2v) is 3.42. The van der Waals surface area contributed by atoms with Gasteiger partial charge in [0.25, 0.3) is 0 Å². The van der Waals surface area contributed by atoms with Crippen LogP contribution in [0.25, 0.3) is 5.65 Å². The number of rotatable bonds is 1. The molecule has 2 heterocycles. The molecule has 6 heteroatoms. The minimum atomic E-state index is 0.718. The zero-order chi connectivity index (χ0) is 9.42. The highest BCUT2D eigenvalue weighted by molar-refractivity contribution is 9.10. The summed E-state index contributed by atoms with van der Waals surface area (Å²) in [5.41, 5.74) is 0.739. The number of fused-ring (bicyclic) bond motifs is 1. The number of nitrogens with one attached hydrogen (secondary N) is 1. The minimum Gasteiger partial charge on any atom is -0.370 e. The Hall–Kier alpha value is -1.17. The maximum absolute atomic E-state index is 4.22. The largest absolute Gasteiger partial charge is 0.370 e. The predicted octanol–water partition coefficient (Wildman–Crippen LogP) is 1.24. The van der Waals surface area contributed by atoms with Gasteiger partial charge in [0.15, 0.2) is 5.82 Å². The molecule has 0 spiro atoms. The summed E-state index contributed by atoms with van der Waals surface area (Å²) in [6, 6.07) is 0. The highest BCUT2D eigenvalue weighted by atomic mass is 79.9. The summed E-state index contributed by atoms with van der Waals surface area (Å²) in [6.45, 7) is 1.89. The van der Waals surface area contributed by atoms with Crippen LogP contribution >= 0.6 is 15.9 Å². The molecule has 2 aromatic rings. The van der Waals surface area contributed by atoms with Crippen LogP contribution in [0.1, 0.15) is 5.82 Å². The van der Waals surface area contributed by atoms with E-state index in [4.69, 9.17) is 0 Å². The third kappa shape index (κ3) is 1.27. The summed E-state index contributed by atoms with van der Waals surface area (Å²) in [7, 11) is 1.80. The fourth-order valence-corrected chi connectivity index (χ4v) is 1.53. The first-order valence-electron chi connectivity index (χ1n) is 3.78. The van der Waals surface area contributed by atoms with E-state index in [1.54, 1.807) is 7.05 Å². The average Bonchev–Trinajstić information content (AvgIpc) is 2.47. The molecule has 0 amide bonds. The Morgan fingerprint density at radius 2 is 2.23 bits per heavy atom. The summed E-state index contributed by atoms with van der Waals surface area (Å²) < 4.78 is 2.63. The summed E-state index contributed by atoms with van der Waals surface area (Å²) in [5.74, 6) is 1.56. The van der Waals surface area contributed by atoms with Crippen LogP contribution in [-0.2, 0) is 0 Å². The quantitative estimate of drug-likeness (QED) is 0.817. The summed E-state index contributed by atoms with van der Waals surface area (Å²) in [6.07, 6.45) is 1.84. The van der Waals surface area contributed by atoms with E-state index >= 15 is 0 Å². The van der Waals surface area contributed by atoms with Crippen molar-refractivity contribution >= 4 is 27.4 Å². The van der Waals surface area contributed by atoms with Crippen LogP contribution < -0.4 is 5.32 Å². The van der Waals surface area contributed by atoms with Crippen LogP contribution in [0.2, 0.25) is 0 Å². The molecule has 5 nitrogen and oxygen atoms in total. The highest BCUT2D eigenvalue weighted by Gasteiger charge is 2.07. The second kappa shape index (κ2) is 2.95. The van der Waals surface area contributed by atoms with Gasteiger partial charge < -0.3 is 5.32 Å². The molecule has 0 unspecified atom stereocenters. The first-order chi connectivity index (χ1) is 6.22. The van der Waals surface area contributed by atoms with Gasteiger partial charge in [-0.1, -0.05) is 0 Å². The molecule has 2 rings (SSSR count). The zero-order valence-electron chi connectivity index (χ0n) is 7.24. The van der Waals surface area contributed by atoms with Crippen molar-refractivity contribution in [3.63, 3.8) is 0 Å². The highest BCUT2D eigenvalue weighted by Crippen LogP contribution is 2.16. The first-order valence-corrected chi connectivity index (χ1v) is 4.57. The van der Waals surface area contributed by atoms with Crippen molar-refractivity contribution in [1.82, 2.24) is 19.6 Å². The van der Waals surface area contributed by atoms with Crippen molar-refractivity contribution in [2.75, 3.05) is 12.4 Å². The molecule has 2 aromatic heterocycles. The molecule has 0 fully saturated rings. The van der Waals surface area contributed by atoms with Crippen molar-refractivity contribution in [2.45, 2.75) is 6.92 Å². The molecule has 0 radical (unpaired) electrons. The summed E-state index contributed by atoms with van der Waals surface area (Å²) in [4.78, 5) is 4.22. The van der Waals surface area contributed by atoms with E-state index in [1.165, 1.54) is 0 Å². The minimum absolute atomic E-state index is 0.718. The number of halogens is 1. The number of hydrogen-bond donors (Lipinski definition) is 1. The third-order valence-corrected chi connectivity index (χ3v) is 2.15. The van der Waals surface area contributed by atoms with Crippen LogP contribution in [0.5, 0.6) is 0 Å². The van der Waals surface area contributed by atoms with E-state index in [0.717, 1.165) is 21.9 Å². The molecule has 0 aliphatic rings. The maximum Gasteiger partial charge on any atom is 0.203 e. The van der Waals surface area contributed by atoms with Gasteiger partial charge in [0.05, 0.1) is 0 Å². The smallest absolute Gasteiger partial charge is 0.203 e. The lowest BCUT2D eigenvalue weighted by atomic mass is 10.6. The van der Waals surface area contributed by atoms with Gasteiger partial charge in [-0.15, -0.1) is 10.2 Å². The van der Waals surface area contributed by atoms with Gasteiger partial charge in [-0.3, -0.25) is 4.40 Å². The van der Waals surface area contributed by atoms with Gasteiger partial charge >= 0.3 is 0 Å². The lowest BCUT2D eigenvalue weighted by molar-refractivity contribution is 0.997. The molecule has 0 saturated heterocycles. The van der Waals surface area contributed by atoms with Crippen LogP contribution in [0.4, 0.5) is 5.82 Å². The molecule has 0 bridgehead atoms. The van der Waals surface area contributed by atoms with Crippen LogP contribution in [-0.4, -0.2) is 26.6 Å². The van der Waals surface area contributed by atoms with Crippen molar-refractivity contribution in [3.8, 4) is 0 Å². The summed E-state index contributed by atoms with van der Waals surface area (Å²) >= 11 is 3.32. The van der Waals surface area contributed by atoms with E-state index in [0.29, 0.717) is 0 Å². The van der Waals surface area contributed by atoms with Crippen molar-refractivity contribution in [1.29, 1.82) is 0 Å². The molecule has 13 heavy (non-hydrogen) atoms. The Morgan fingerprint density at radius 3 is 2.92 bits per heavy atom. The van der Waals surface area contributed by atoms with Gasteiger partial charge in [0.1, 0.15) is 10.4 Å². The van der Waals surface area contributed by atoms with Crippen LogP contribution in [0, 0.1) is 6.92 Å². The van der Waals surface area contributed by atoms with E-state index in [9.17, 15) is 0 Å². The predicted molar refractivity (Wildman–Crippen MR) is 52.8 cm³/mol. The monoisotopic (exact) mass is 241 g/mol. The van der Waals surface area contributed by atoms with Crippen LogP contribution in [0.3, 0.4) is 0 Å². The van der Waals surface area contributed by atoms with E-state index in [2.05, 4.69) is 36.4 Å². The molecule has 0 aliphatic heterocycles. The Labute approximate surface area is 83.3 Å². The topological polar surface area (TPSA) is 55.1 Å².